The molecule has 2 heteroatoms. The van der Waals surface area contributed by atoms with E-state index in [9.17, 15) is 5.11 Å². The summed E-state index contributed by atoms with van der Waals surface area (Å²) in [5.41, 5.74) is 0. The summed E-state index contributed by atoms with van der Waals surface area (Å²) in [6.07, 6.45) is 9.36. The number of aliphatic hydroxyl groups excluding tert-OH is 1. The lowest BCUT2D eigenvalue weighted by Gasteiger charge is -2.07. The maximum Gasteiger partial charge on any atom is 0.132 e. The number of unbranched alkanes of at least 4 members (excludes halogenated alkanes) is 6. The molecule has 1 atom stereocenters. The highest BCUT2D eigenvalue weighted by atomic mass is 16.4. The number of aliphatic hydroxyl groups is 1. The third-order valence-corrected chi connectivity index (χ3v) is 3.17. The SMILES string of the molecule is CCCCCCCCCC(O)c1ccc(C)o1. The Labute approximate surface area is 105 Å². The van der Waals surface area contributed by atoms with Crippen molar-refractivity contribution in [2.75, 3.05) is 0 Å². The number of hydrogen-bond donors (Lipinski definition) is 1. The van der Waals surface area contributed by atoms with Gasteiger partial charge >= 0.3 is 0 Å². The zero-order valence-corrected chi connectivity index (χ0v) is 11.2. The highest BCUT2D eigenvalue weighted by Crippen LogP contribution is 2.22. The van der Waals surface area contributed by atoms with Crippen molar-refractivity contribution < 1.29 is 9.52 Å². The molecule has 0 fully saturated rings. The second-order valence-electron chi connectivity index (χ2n) is 4.87. The second kappa shape index (κ2) is 8.35. The Kier molecular flexibility index (Phi) is 7.02. The minimum atomic E-state index is -0.417. The van der Waals surface area contributed by atoms with Crippen molar-refractivity contribution in [3.05, 3.63) is 23.7 Å². The number of furan rings is 1. The van der Waals surface area contributed by atoms with Gasteiger partial charge in [-0.1, -0.05) is 51.9 Å². The van der Waals surface area contributed by atoms with Gasteiger partial charge in [0.15, 0.2) is 0 Å². The van der Waals surface area contributed by atoms with E-state index >= 15 is 0 Å². The molecule has 0 aliphatic heterocycles. The van der Waals surface area contributed by atoms with Crippen LogP contribution in [0.2, 0.25) is 0 Å². The molecule has 0 aliphatic rings. The maximum atomic E-state index is 9.88. The smallest absolute Gasteiger partial charge is 0.132 e. The van der Waals surface area contributed by atoms with Crippen LogP contribution in [-0.2, 0) is 0 Å². The van der Waals surface area contributed by atoms with Crippen LogP contribution in [0.5, 0.6) is 0 Å². The van der Waals surface area contributed by atoms with Gasteiger partial charge in [-0.15, -0.1) is 0 Å². The summed E-state index contributed by atoms with van der Waals surface area (Å²) in [5, 5.41) is 9.88. The van der Waals surface area contributed by atoms with Gasteiger partial charge in [0.05, 0.1) is 0 Å². The van der Waals surface area contributed by atoms with Crippen molar-refractivity contribution in [3.63, 3.8) is 0 Å². The van der Waals surface area contributed by atoms with Gasteiger partial charge in [-0.3, -0.25) is 0 Å². The summed E-state index contributed by atoms with van der Waals surface area (Å²) in [5.74, 6) is 1.59. The van der Waals surface area contributed by atoms with E-state index in [0.717, 1.165) is 18.6 Å². The maximum absolute atomic E-state index is 9.88. The molecule has 0 amide bonds. The Morgan fingerprint density at radius 2 is 1.71 bits per heavy atom. The van der Waals surface area contributed by atoms with Crippen molar-refractivity contribution in [2.24, 2.45) is 0 Å². The third kappa shape index (κ3) is 5.92. The molecule has 0 aliphatic carbocycles. The minimum Gasteiger partial charge on any atom is -0.464 e. The van der Waals surface area contributed by atoms with Crippen molar-refractivity contribution in [1.29, 1.82) is 0 Å². The van der Waals surface area contributed by atoms with Crippen LogP contribution in [0.1, 0.15) is 75.9 Å². The monoisotopic (exact) mass is 238 g/mol. The highest BCUT2D eigenvalue weighted by Gasteiger charge is 2.10. The van der Waals surface area contributed by atoms with E-state index in [4.69, 9.17) is 4.42 Å². The fourth-order valence-corrected chi connectivity index (χ4v) is 2.07. The van der Waals surface area contributed by atoms with Gasteiger partial charge < -0.3 is 9.52 Å². The van der Waals surface area contributed by atoms with Gasteiger partial charge in [0, 0.05) is 0 Å². The molecule has 1 aromatic rings. The third-order valence-electron chi connectivity index (χ3n) is 3.17. The van der Waals surface area contributed by atoms with Gasteiger partial charge in [-0.05, 0) is 25.5 Å². The summed E-state index contributed by atoms with van der Waals surface area (Å²) in [7, 11) is 0. The first-order valence-corrected chi connectivity index (χ1v) is 6.98. The topological polar surface area (TPSA) is 33.4 Å². The van der Waals surface area contributed by atoms with Crippen molar-refractivity contribution in [1.82, 2.24) is 0 Å². The zero-order valence-electron chi connectivity index (χ0n) is 11.2. The fraction of sp³-hybridized carbons (Fsp3) is 0.733. The molecule has 0 aromatic carbocycles. The molecule has 1 heterocycles. The first-order valence-electron chi connectivity index (χ1n) is 6.98. The fourth-order valence-electron chi connectivity index (χ4n) is 2.07. The Morgan fingerprint density at radius 3 is 2.29 bits per heavy atom. The van der Waals surface area contributed by atoms with Crippen molar-refractivity contribution >= 4 is 0 Å². The van der Waals surface area contributed by atoms with Gasteiger partial charge in [0.2, 0.25) is 0 Å². The molecule has 2 nitrogen and oxygen atoms in total. The van der Waals surface area contributed by atoms with Gasteiger partial charge in [0.25, 0.3) is 0 Å². The molecule has 1 unspecified atom stereocenters. The Balaban J connectivity index is 2.03. The van der Waals surface area contributed by atoms with E-state index in [1.54, 1.807) is 0 Å². The predicted octanol–water partition coefficient (Wildman–Crippen LogP) is 4.76. The molecule has 17 heavy (non-hydrogen) atoms. The minimum absolute atomic E-state index is 0.417. The van der Waals surface area contributed by atoms with Crippen LogP contribution in [0, 0.1) is 6.92 Å². The first-order chi connectivity index (χ1) is 8.24. The van der Waals surface area contributed by atoms with E-state index in [0.29, 0.717) is 5.76 Å². The lowest BCUT2D eigenvalue weighted by Crippen LogP contribution is -1.95. The van der Waals surface area contributed by atoms with Crippen LogP contribution < -0.4 is 0 Å². The van der Waals surface area contributed by atoms with E-state index in [-0.39, 0.29) is 0 Å². The Hall–Kier alpha value is -0.760. The van der Waals surface area contributed by atoms with Gasteiger partial charge in [0.1, 0.15) is 17.6 Å². The largest absolute Gasteiger partial charge is 0.464 e. The zero-order chi connectivity index (χ0) is 12.5. The Morgan fingerprint density at radius 1 is 1.06 bits per heavy atom. The van der Waals surface area contributed by atoms with Crippen molar-refractivity contribution in [3.8, 4) is 0 Å². The summed E-state index contributed by atoms with van der Waals surface area (Å²) in [6.45, 7) is 4.14. The van der Waals surface area contributed by atoms with E-state index in [1.165, 1.54) is 38.5 Å². The van der Waals surface area contributed by atoms with Crippen LogP contribution in [-0.4, -0.2) is 5.11 Å². The molecule has 0 radical (unpaired) electrons. The highest BCUT2D eigenvalue weighted by molar-refractivity contribution is 5.07. The molecule has 0 saturated heterocycles. The number of hydrogen-bond acceptors (Lipinski definition) is 2. The summed E-state index contributed by atoms with van der Waals surface area (Å²) >= 11 is 0. The molecule has 1 aromatic heterocycles. The molecule has 98 valence electrons. The molecule has 0 saturated carbocycles. The predicted molar refractivity (Wildman–Crippen MR) is 71.0 cm³/mol. The van der Waals surface area contributed by atoms with E-state index in [1.807, 2.05) is 19.1 Å². The van der Waals surface area contributed by atoms with Crippen LogP contribution in [0.3, 0.4) is 0 Å². The van der Waals surface area contributed by atoms with Gasteiger partial charge in [-0.25, -0.2) is 0 Å². The molecule has 1 N–H and O–H groups in total. The Bertz CT molecular complexity index is 291. The quantitative estimate of drug-likeness (QED) is 0.629. The van der Waals surface area contributed by atoms with Crippen LogP contribution >= 0.6 is 0 Å². The van der Waals surface area contributed by atoms with Crippen LogP contribution in [0.25, 0.3) is 0 Å². The second-order valence-corrected chi connectivity index (χ2v) is 4.87. The molecule has 1 rings (SSSR count). The lowest BCUT2D eigenvalue weighted by molar-refractivity contribution is 0.135. The van der Waals surface area contributed by atoms with Crippen molar-refractivity contribution in [2.45, 2.75) is 71.3 Å². The summed E-state index contributed by atoms with van der Waals surface area (Å²) in [4.78, 5) is 0. The molecule has 0 bridgehead atoms. The van der Waals surface area contributed by atoms with E-state index < -0.39 is 6.10 Å². The summed E-state index contributed by atoms with van der Waals surface area (Å²) < 4.78 is 5.41. The van der Waals surface area contributed by atoms with Gasteiger partial charge in [-0.2, -0.15) is 0 Å². The first kappa shape index (κ1) is 14.3. The normalized spacial score (nSPS) is 12.9. The molecular weight excluding hydrogens is 212 g/mol. The molecular formula is C15H26O2. The standard InChI is InChI=1S/C15H26O2/c1-3-4-5-6-7-8-9-10-14(16)15-12-11-13(2)17-15/h11-12,14,16H,3-10H2,1-2H3. The molecule has 0 spiro atoms. The average Bonchev–Trinajstić information content (AvgIpc) is 2.74. The lowest BCUT2D eigenvalue weighted by atomic mass is 10.1. The summed E-state index contributed by atoms with van der Waals surface area (Å²) in [6, 6.07) is 3.78. The van der Waals surface area contributed by atoms with Crippen LogP contribution in [0.4, 0.5) is 0 Å². The number of aryl methyl sites for hydroxylation is 1. The number of rotatable bonds is 9. The average molecular weight is 238 g/mol. The van der Waals surface area contributed by atoms with Crippen LogP contribution in [0.15, 0.2) is 16.5 Å². The van der Waals surface area contributed by atoms with E-state index in [2.05, 4.69) is 6.92 Å².